The monoisotopic (exact) mass is 230 g/mol. The van der Waals surface area contributed by atoms with Crippen molar-refractivity contribution < 1.29 is 4.79 Å². The predicted molar refractivity (Wildman–Crippen MR) is 63.1 cm³/mol. The first-order chi connectivity index (χ1) is 8.16. The topological polar surface area (TPSA) is 101 Å². The molecule has 0 bridgehead atoms. The Morgan fingerprint density at radius 2 is 2.00 bits per heavy atom. The predicted octanol–water partition coefficient (Wildman–Crippen LogP) is 0.612. The Balaban J connectivity index is 2.41. The number of nitrogens with zero attached hydrogens (tertiary/aromatic N) is 1. The molecular weight excluding hydrogens is 220 g/mol. The Hall–Kier alpha value is -2.63. The van der Waals surface area contributed by atoms with Gasteiger partial charge in [0.1, 0.15) is 0 Å². The van der Waals surface area contributed by atoms with Gasteiger partial charge in [0.05, 0.1) is 5.69 Å². The summed E-state index contributed by atoms with van der Waals surface area (Å²) in [5.41, 5.74) is 5.76. The summed E-state index contributed by atoms with van der Waals surface area (Å²) in [6, 6.07) is 10.3. The fourth-order valence-corrected chi connectivity index (χ4v) is 1.36. The van der Waals surface area contributed by atoms with E-state index in [1.54, 1.807) is 12.1 Å². The molecule has 1 aromatic carbocycles. The van der Waals surface area contributed by atoms with Crippen LogP contribution in [0.15, 0.2) is 41.2 Å². The van der Waals surface area contributed by atoms with Crippen LogP contribution in [0.2, 0.25) is 0 Å². The van der Waals surface area contributed by atoms with E-state index >= 15 is 0 Å². The van der Waals surface area contributed by atoms with Crippen LogP contribution >= 0.6 is 0 Å². The Morgan fingerprint density at radius 3 is 2.65 bits per heavy atom. The second kappa shape index (κ2) is 4.48. The number of carbonyl (C=O) groups is 1. The number of hydrogen-bond acceptors (Lipinski definition) is 4. The molecule has 86 valence electrons. The quantitative estimate of drug-likeness (QED) is 0.719. The molecule has 0 unspecified atom stereocenters. The van der Waals surface area contributed by atoms with Crippen LogP contribution in [0.25, 0.3) is 0 Å². The van der Waals surface area contributed by atoms with Crippen LogP contribution in [-0.2, 0) is 0 Å². The Morgan fingerprint density at radius 1 is 1.29 bits per heavy atom. The number of rotatable bonds is 3. The normalized spacial score (nSPS) is 9.88. The number of primary amides is 1. The molecule has 1 heterocycles. The zero-order valence-corrected chi connectivity index (χ0v) is 8.81. The number of benzene rings is 1. The van der Waals surface area contributed by atoms with Crippen molar-refractivity contribution in [3.63, 3.8) is 0 Å². The Bertz CT molecular complexity index is 592. The van der Waals surface area contributed by atoms with Gasteiger partial charge < -0.3 is 11.1 Å². The third kappa shape index (κ3) is 2.49. The molecule has 0 spiro atoms. The molecule has 0 saturated carbocycles. The van der Waals surface area contributed by atoms with E-state index in [1.165, 1.54) is 6.07 Å². The summed E-state index contributed by atoms with van der Waals surface area (Å²) in [7, 11) is 0. The molecule has 0 radical (unpaired) electrons. The molecule has 4 N–H and O–H groups in total. The number of anilines is 2. The van der Waals surface area contributed by atoms with Crippen molar-refractivity contribution in [2.75, 3.05) is 5.32 Å². The van der Waals surface area contributed by atoms with Crippen molar-refractivity contribution in [3.8, 4) is 0 Å². The lowest BCUT2D eigenvalue weighted by atomic mass is 10.2. The van der Waals surface area contributed by atoms with E-state index < -0.39 is 11.5 Å². The van der Waals surface area contributed by atoms with Gasteiger partial charge in [0.15, 0.2) is 5.69 Å². The number of amides is 1. The molecular formula is C11H10N4O2. The molecule has 1 aromatic heterocycles. The van der Waals surface area contributed by atoms with Gasteiger partial charge in [-0.1, -0.05) is 18.2 Å². The van der Waals surface area contributed by atoms with Crippen molar-refractivity contribution in [1.82, 2.24) is 10.2 Å². The third-order valence-electron chi connectivity index (χ3n) is 2.09. The Labute approximate surface area is 96.5 Å². The van der Waals surface area contributed by atoms with Crippen LogP contribution < -0.4 is 16.6 Å². The van der Waals surface area contributed by atoms with E-state index in [4.69, 9.17) is 5.73 Å². The summed E-state index contributed by atoms with van der Waals surface area (Å²) in [6.07, 6.45) is 0. The van der Waals surface area contributed by atoms with Crippen molar-refractivity contribution in [3.05, 3.63) is 52.4 Å². The van der Waals surface area contributed by atoms with Crippen molar-refractivity contribution in [2.24, 2.45) is 5.73 Å². The minimum atomic E-state index is -0.709. The molecule has 0 saturated heterocycles. The lowest BCUT2D eigenvalue weighted by Gasteiger charge is -2.07. The first kappa shape index (κ1) is 10.9. The van der Waals surface area contributed by atoms with Crippen LogP contribution in [0.5, 0.6) is 0 Å². The maximum absolute atomic E-state index is 11.1. The lowest BCUT2D eigenvalue weighted by molar-refractivity contribution is 0.0995. The number of para-hydroxylation sites is 1. The highest BCUT2D eigenvalue weighted by Crippen LogP contribution is 2.16. The van der Waals surface area contributed by atoms with Gasteiger partial charge in [0.25, 0.3) is 11.5 Å². The first-order valence-corrected chi connectivity index (χ1v) is 4.88. The van der Waals surface area contributed by atoms with Gasteiger partial charge >= 0.3 is 0 Å². The molecule has 0 atom stereocenters. The van der Waals surface area contributed by atoms with Gasteiger partial charge in [-0.25, -0.2) is 5.10 Å². The average molecular weight is 230 g/mol. The van der Waals surface area contributed by atoms with E-state index in [0.29, 0.717) is 0 Å². The molecule has 0 fully saturated rings. The average Bonchev–Trinajstić information content (AvgIpc) is 2.30. The van der Waals surface area contributed by atoms with Crippen LogP contribution in [0.3, 0.4) is 0 Å². The number of H-pyrrole nitrogens is 1. The summed E-state index contributed by atoms with van der Waals surface area (Å²) in [5, 5.41) is 8.67. The van der Waals surface area contributed by atoms with Crippen LogP contribution in [0, 0.1) is 0 Å². The lowest BCUT2D eigenvalue weighted by Crippen LogP contribution is -2.20. The van der Waals surface area contributed by atoms with Gasteiger partial charge in [-0.05, 0) is 12.1 Å². The van der Waals surface area contributed by atoms with Gasteiger partial charge in [-0.3, -0.25) is 9.59 Å². The number of nitrogens with two attached hydrogens (primary N) is 1. The minimum absolute atomic E-state index is 0.00606. The maximum atomic E-state index is 11.1. The van der Waals surface area contributed by atoms with Crippen molar-refractivity contribution in [2.45, 2.75) is 0 Å². The van der Waals surface area contributed by atoms with E-state index in [2.05, 4.69) is 15.5 Å². The largest absolute Gasteiger partial charge is 0.364 e. The first-order valence-electron chi connectivity index (χ1n) is 4.88. The van der Waals surface area contributed by atoms with Gasteiger partial charge in [-0.2, -0.15) is 5.10 Å². The molecule has 1 amide bonds. The van der Waals surface area contributed by atoms with Crippen LogP contribution in [0.4, 0.5) is 11.4 Å². The number of aromatic nitrogens is 2. The van der Waals surface area contributed by atoms with Gasteiger partial charge in [-0.15, -0.1) is 0 Å². The molecule has 6 nitrogen and oxygen atoms in total. The second-order valence-electron chi connectivity index (χ2n) is 3.35. The zero-order chi connectivity index (χ0) is 12.3. The standard InChI is InChI=1S/C11H10N4O2/c12-11(17)10-8(6-9(16)14-15-10)13-7-4-2-1-3-5-7/h1-6H,(H2,12,17)(H2,13,14,16). The second-order valence-corrected chi connectivity index (χ2v) is 3.35. The van der Waals surface area contributed by atoms with Gasteiger partial charge in [0, 0.05) is 11.8 Å². The fourth-order valence-electron chi connectivity index (χ4n) is 1.36. The molecule has 0 aliphatic heterocycles. The smallest absolute Gasteiger partial charge is 0.271 e. The molecule has 0 aliphatic rings. The highest BCUT2D eigenvalue weighted by molar-refractivity contribution is 5.96. The molecule has 17 heavy (non-hydrogen) atoms. The molecule has 2 rings (SSSR count). The maximum Gasteiger partial charge on any atom is 0.271 e. The highest BCUT2D eigenvalue weighted by Gasteiger charge is 2.10. The summed E-state index contributed by atoms with van der Waals surface area (Å²) >= 11 is 0. The van der Waals surface area contributed by atoms with E-state index in [0.717, 1.165) is 5.69 Å². The van der Waals surface area contributed by atoms with E-state index in [-0.39, 0.29) is 11.4 Å². The summed E-state index contributed by atoms with van der Waals surface area (Å²) in [6.45, 7) is 0. The van der Waals surface area contributed by atoms with E-state index in [1.807, 2.05) is 18.2 Å². The zero-order valence-electron chi connectivity index (χ0n) is 8.81. The number of aromatic amines is 1. The molecule has 2 aromatic rings. The number of carbonyl (C=O) groups excluding carboxylic acids is 1. The third-order valence-corrected chi connectivity index (χ3v) is 2.09. The molecule has 0 aliphatic carbocycles. The summed E-state index contributed by atoms with van der Waals surface area (Å²) < 4.78 is 0. The van der Waals surface area contributed by atoms with Crippen LogP contribution in [0.1, 0.15) is 10.5 Å². The van der Waals surface area contributed by atoms with Crippen molar-refractivity contribution >= 4 is 17.3 Å². The number of hydrogen-bond donors (Lipinski definition) is 3. The van der Waals surface area contributed by atoms with Crippen LogP contribution in [-0.4, -0.2) is 16.1 Å². The summed E-state index contributed by atoms with van der Waals surface area (Å²) in [4.78, 5) is 22.3. The highest BCUT2D eigenvalue weighted by atomic mass is 16.1. The van der Waals surface area contributed by atoms with E-state index in [9.17, 15) is 9.59 Å². The number of nitrogens with one attached hydrogen (secondary N) is 2. The van der Waals surface area contributed by atoms with Gasteiger partial charge in [0.2, 0.25) is 0 Å². The minimum Gasteiger partial charge on any atom is -0.364 e. The SMILES string of the molecule is NC(=O)c1n[nH]c(=O)cc1Nc1ccccc1. The summed E-state index contributed by atoms with van der Waals surface area (Å²) in [5.74, 6) is -0.709. The molecule has 6 heteroatoms. The fraction of sp³-hybridized carbons (Fsp3) is 0. The Kier molecular flexibility index (Phi) is 2.87. The van der Waals surface area contributed by atoms with Crippen molar-refractivity contribution in [1.29, 1.82) is 0 Å².